The highest BCUT2D eigenvalue weighted by Crippen LogP contribution is 2.32. The molecule has 0 aromatic heterocycles. The van der Waals surface area contributed by atoms with Crippen LogP contribution in [0.2, 0.25) is 0 Å². The van der Waals surface area contributed by atoms with Gasteiger partial charge >= 0.3 is 0 Å². The van der Waals surface area contributed by atoms with Gasteiger partial charge in [-0.2, -0.15) is 0 Å². The molecule has 0 aliphatic carbocycles. The number of hydrogen-bond donors (Lipinski definition) is 0. The average molecular weight is 244 g/mol. The molecule has 0 amide bonds. The molecule has 0 aliphatic rings. The van der Waals surface area contributed by atoms with Gasteiger partial charge < -0.3 is 9.47 Å². The summed E-state index contributed by atoms with van der Waals surface area (Å²) in [5.74, 6) is 0.636. The Morgan fingerprint density at radius 3 is 1.59 bits per heavy atom. The van der Waals surface area contributed by atoms with Gasteiger partial charge in [-0.05, 0) is 17.8 Å². The Bertz CT molecular complexity index is 208. The van der Waals surface area contributed by atoms with Crippen molar-refractivity contribution < 1.29 is 9.47 Å². The molecule has 2 unspecified atom stereocenters. The highest BCUT2D eigenvalue weighted by Gasteiger charge is 2.33. The summed E-state index contributed by atoms with van der Waals surface area (Å²) in [5.41, 5.74) is 0.154. The highest BCUT2D eigenvalue weighted by atomic mass is 16.7. The molecule has 0 N–H and O–H groups in total. The summed E-state index contributed by atoms with van der Waals surface area (Å²) in [7, 11) is 1.73. The van der Waals surface area contributed by atoms with Crippen LogP contribution in [0.25, 0.3) is 0 Å². The van der Waals surface area contributed by atoms with Gasteiger partial charge in [0.1, 0.15) is 0 Å². The molecule has 0 aliphatic heterocycles. The first-order chi connectivity index (χ1) is 7.48. The quantitative estimate of drug-likeness (QED) is 0.664. The van der Waals surface area contributed by atoms with Crippen LogP contribution in [0.4, 0.5) is 0 Å². The molecule has 0 fully saturated rings. The maximum atomic E-state index is 6.22. The number of hydrogen-bond acceptors (Lipinski definition) is 2. The van der Waals surface area contributed by atoms with Gasteiger partial charge in [0.05, 0.1) is 6.10 Å². The van der Waals surface area contributed by atoms with E-state index < -0.39 is 0 Å². The van der Waals surface area contributed by atoms with E-state index in [4.69, 9.17) is 9.47 Å². The van der Waals surface area contributed by atoms with E-state index >= 15 is 0 Å². The zero-order valence-corrected chi connectivity index (χ0v) is 13.3. The van der Waals surface area contributed by atoms with E-state index in [9.17, 15) is 0 Å². The minimum atomic E-state index is -0.148. The Hall–Kier alpha value is -0.0800. The SMILES string of the molecule is COC(OC(CC(C)C)C(C)(C)C)C(C)(C)C. The Morgan fingerprint density at radius 2 is 1.35 bits per heavy atom. The van der Waals surface area contributed by atoms with Crippen molar-refractivity contribution in [3.8, 4) is 0 Å². The molecule has 0 aromatic rings. The van der Waals surface area contributed by atoms with E-state index in [2.05, 4.69) is 55.4 Å². The van der Waals surface area contributed by atoms with E-state index in [-0.39, 0.29) is 23.2 Å². The van der Waals surface area contributed by atoms with Crippen molar-refractivity contribution in [1.82, 2.24) is 0 Å². The first kappa shape index (κ1) is 16.9. The minimum absolute atomic E-state index is 0.00916. The van der Waals surface area contributed by atoms with E-state index in [1.165, 1.54) is 0 Å². The normalized spacial score (nSPS) is 17.3. The van der Waals surface area contributed by atoms with Gasteiger partial charge in [-0.1, -0.05) is 55.4 Å². The summed E-state index contributed by atoms with van der Waals surface area (Å²) in [4.78, 5) is 0. The van der Waals surface area contributed by atoms with Crippen LogP contribution < -0.4 is 0 Å². The van der Waals surface area contributed by atoms with Crippen LogP contribution in [0.1, 0.15) is 61.8 Å². The van der Waals surface area contributed by atoms with Gasteiger partial charge in [0.2, 0.25) is 0 Å². The number of rotatable bonds is 5. The van der Waals surface area contributed by atoms with Crippen LogP contribution in [0, 0.1) is 16.7 Å². The smallest absolute Gasteiger partial charge is 0.162 e. The molecule has 17 heavy (non-hydrogen) atoms. The molecule has 0 aromatic carbocycles. The second kappa shape index (κ2) is 6.19. The Morgan fingerprint density at radius 1 is 0.882 bits per heavy atom. The van der Waals surface area contributed by atoms with Crippen LogP contribution in [-0.2, 0) is 9.47 Å². The second-order valence-corrected chi connectivity index (χ2v) is 7.55. The predicted octanol–water partition coefficient (Wildman–Crippen LogP) is 4.48. The van der Waals surface area contributed by atoms with Crippen molar-refractivity contribution in [3.05, 3.63) is 0 Å². The fourth-order valence-corrected chi connectivity index (χ4v) is 1.80. The summed E-state index contributed by atoms with van der Waals surface area (Å²) < 4.78 is 11.7. The summed E-state index contributed by atoms with van der Waals surface area (Å²) in [6.45, 7) is 17.6. The highest BCUT2D eigenvalue weighted by molar-refractivity contribution is 4.78. The first-order valence-electron chi connectivity index (χ1n) is 6.66. The molecule has 0 saturated heterocycles. The predicted molar refractivity (Wildman–Crippen MR) is 74.0 cm³/mol. The fraction of sp³-hybridized carbons (Fsp3) is 1.00. The lowest BCUT2D eigenvalue weighted by Crippen LogP contribution is -2.40. The standard InChI is InChI=1S/C15H32O2/c1-11(2)10-12(14(3,4)5)17-13(16-9)15(6,7)8/h11-13H,10H2,1-9H3. The monoisotopic (exact) mass is 244 g/mol. The third-order valence-corrected chi connectivity index (χ3v) is 2.86. The molecule has 2 heteroatoms. The van der Waals surface area contributed by atoms with E-state index in [0.717, 1.165) is 6.42 Å². The fourth-order valence-electron chi connectivity index (χ4n) is 1.80. The van der Waals surface area contributed by atoms with Gasteiger partial charge in [-0.15, -0.1) is 0 Å². The first-order valence-corrected chi connectivity index (χ1v) is 6.66. The van der Waals surface area contributed by atoms with Crippen molar-refractivity contribution in [3.63, 3.8) is 0 Å². The third kappa shape index (κ3) is 6.42. The maximum absolute atomic E-state index is 6.22. The van der Waals surface area contributed by atoms with E-state index in [1.807, 2.05) is 0 Å². The van der Waals surface area contributed by atoms with Crippen LogP contribution in [-0.4, -0.2) is 19.5 Å². The average Bonchev–Trinajstić information content (AvgIpc) is 2.07. The zero-order valence-electron chi connectivity index (χ0n) is 13.3. The van der Waals surface area contributed by atoms with Gasteiger partial charge in [0.25, 0.3) is 0 Å². The van der Waals surface area contributed by atoms with Crippen molar-refractivity contribution in [2.24, 2.45) is 16.7 Å². The molecule has 0 saturated carbocycles. The molecular formula is C15H32O2. The molecule has 0 spiro atoms. The van der Waals surface area contributed by atoms with Crippen LogP contribution >= 0.6 is 0 Å². The number of ether oxygens (including phenoxy) is 2. The molecule has 0 heterocycles. The molecule has 0 radical (unpaired) electrons. The van der Waals surface area contributed by atoms with Crippen molar-refractivity contribution in [2.45, 2.75) is 74.2 Å². The van der Waals surface area contributed by atoms with Gasteiger partial charge in [-0.25, -0.2) is 0 Å². The Balaban J connectivity index is 4.73. The number of methoxy groups -OCH3 is 1. The molecule has 0 rings (SSSR count). The second-order valence-electron chi connectivity index (χ2n) is 7.55. The van der Waals surface area contributed by atoms with Gasteiger partial charge in [0.15, 0.2) is 6.29 Å². The molecule has 2 atom stereocenters. The lowest BCUT2D eigenvalue weighted by Gasteiger charge is -2.38. The summed E-state index contributed by atoms with van der Waals surface area (Å²) in [6, 6.07) is 0. The van der Waals surface area contributed by atoms with Crippen molar-refractivity contribution in [2.75, 3.05) is 7.11 Å². The van der Waals surface area contributed by atoms with Crippen LogP contribution in [0.5, 0.6) is 0 Å². The summed E-state index contributed by atoms with van der Waals surface area (Å²) in [6.07, 6.45) is 1.15. The maximum Gasteiger partial charge on any atom is 0.162 e. The van der Waals surface area contributed by atoms with Crippen LogP contribution in [0.15, 0.2) is 0 Å². The Labute approximate surface area is 108 Å². The van der Waals surface area contributed by atoms with E-state index in [1.54, 1.807) is 7.11 Å². The van der Waals surface area contributed by atoms with Crippen LogP contribution in [0.3, 0.4) is 0 Å². The summed E-state index contributed by atoms with van der Waals surface area (Å²) >= 11 is 0. The molecule has 0 bridgehead atoms. The molecule has 104 valence electrons. The largest absolute Gasteiger partial charge is 0.355 e. The van der Waals surface area contributed by atoms with Gasteiger partial charge in [-0.3, -0.25) is 0 Å². The topological polar surface area (TPSA) is 18.5 Å². The van der Waals surface area contributed by atoms with E-state index in [0.29, 0.717) is 5.92 Å². The molecule has 2 nitrogen and oxygen atoms in total. The minimum Gasteiger partial charge on any atom is -0.355 e. The van der Waals surface area contributed by atoms with Gasteiger partial charge in [0, 0.05) is 12.5 Å². The summed E-state index contributed by atoms with van der Waals surface area (Å²) in [5, 5.41) is 0. The zero-order chi connectivity index (χ0) is 13.9. The Kier molecular flexibility index (Phi) is 6.16. The van der Waals surface area contributed by atoms with Crippen molar-refractivity contribution in [1.29, 1.82) is 0 Å². The third-order valence-electron chi connectivity index (χ3n) is 2.86. The lowest BCUT2D eigenvalue weighted by atomic mass is 9.83. The van der Waals surface area contributed by atoms with Crippen molar-refractivity contribution >= 4 is 0 Å². The molecular weight excluding hydrogens is 212 g/mol. The lowest BCUT2D eigenvalue weighted by molar-refractivity contribution is -0.225.